The van der Waals surface area contributed by atoms with Crippen LogP contribution in [-0.4, -0.2) is 19.7 Å². The predicted molar refractivity (Wildman–Crippen MR) is 73.7 cm³/mol. The zero-order valence-corrected chi connectivity index (χ0v) is 11.7. The minimum Gasteiger partial charge on any atom is -0.492 e. The van der Waals surface area contributed by atoms with Crippen molar-refractivity contribution in [2.75, 3.05) is 13.7 Å². The van der Waals surface area contributed by atoms with Gasteiger partial charge in [-0.1, -0.05) is 39.8 Å². The van der Waals surface area contributed by atoms with Crippen molar-refractivity contribution in [1.29, 1.82) is 0 Å². The molecule has 0 saturated heterocycles. The maximum Gasteiger partial charge on any atom is 0.119 e. The zero-order chi connectivity index (χ0) is 12.8. The zero-order valence-electron chi connectivity index (χ0n) is 11.7. The Balaban J connectivity index is 2.52. The summed E-state index contributed by atoms with van der Waals surface area (Å²) in [5, 5.41) is 3.28. The molecule has 1 unspecified atom stereocenters. The first kappa shape index (κ1) is 14.0. The van der Waals surface area contributed by atoms with Gasteiger partial charge in [0.05, 0.1) is 0 Å². The average Bonchev–Trinajstić information content (AvgIpc) is 2.30. The maximum absolute atomic E-state index is 5.79. The summed E-state index contributed by atoms with van der Waals surface area (Å²) < 4.78 is 5.79. The molecular formula is C15H25NO. The van der Waals surface area contributed by atoms with Crippen molar-refractivity contribution in [3.63, 3.8) is 0 Å². The van der Waals surface area contributed by atoms with Crippen LogP contribution < -0.4 is 10.1 Å². The molecule has 0 aromatic heterocycles. The molecule has 0 aliphatic heterocycles. The van der Waals surface area contributed by atoms with E-state index in [1.54, 1.807) is 0 Å². The van der Waals surface area contributed by atoms with Gasteiger partial charge in [-0.25, -0.2) is 0 Å². The van der Waals surface area contributed by atoms with Crippen molar-refractivity contribution in [3.8, 4) is 5.75 Å². The molecule has 0 spiro atoms. The lowest BCUT2D eigenvalue weighted by Gasteiger charge is -2.20. The lowest BCUT2D eigenvalue weighted by Crippen LogP contribution is -2.36. The number of ether oxygens (including phenoxy) is 1. The van der Waals surface area contributed by atoms with E-state index >= 15 is 0 Å². The molecule has 17 heavy (non-hydrogen) atoms. The molecule has 1 atom stereocenters. The second-order valence-corrected chi connectivity index (χ2v) is 5.17. The monoisotopic (exact) mass is 235 g/mol. The van der Waals surface area contributed by atoms with Gasteiger partial charge >= 0.3 is 0 Å². The van der Waals surface area contributed by atoms with Gasteiger partial charge in [0.2, 0.25) is 0 Å². The van der Waals surface area contributed by atoms with Crippen LogP contribution in [0, 0.1) is 5.92 Å². The highest BCUT2D eigenvalue weighted by atomic mass is 16.5. The van der Waals surface area contributed by atoms with Gasteiger partial charge in [-0.2, -0.15) is 0 Å². The van der Waals surface area contributed by atoms with Gasteiger partial charge in [-0.3, -0.25) is 0 Å². The molecule has 0 bridgehead atoms. The minimum atomic E-state index is 0.403. The number of hydrogen-bond donors (Lipinski definition) is 1. The van der Waals surface area contributed by atoms with Crippen LogP contribution in [-0.2, 0) is 0 Å². The van der Waals surface area contributed by atoms with Gasteiger partial charge in [0, 0.05) is 6.04 Å². The molecule has 0 aliphatic rings. The van der Waals surface area contributed by atoms with Crippen LogP contribution in [0.15, 0.2) is 24.3 Å². The average molecular weight is 235 g/mol. The van der Waals surface area contributed by atoms with Gasteiger partial charge in [-0.05, 0) is 36.6 Å². The SMILES string of the molecule is CNC(COc1ccc(C(C)C)cc1)C(C)C. The third-order valence-electron chi connectivity index (χ3n) is 3.15. The number of hydrogen-bond acceptors (Lipinski definition) is 2. The minimum absolute atomic E-state index is 0.403. The van der Waals surface area contributed by atoms with E-state index in [1.807, 2.05) is 7.05 Å². The lowest BCUT2D eigenvalue weighted by atomic mass is 10.0. The summed E-state index contributed by atoms with van der Waals surface area (Å²) in [4.78, 5) is 0. The topological polar surface area (TPSA) is 21.3 Å². The lowest BCUT2D eigenvalue weighted by molar-refractivity contribution is 0.238. The number of nitrogens with one attached hydrogen (secondary N) is 1. The predicted octanol–water partition coefficient (Wildman–Crippen LogP) is 3.43. The molecule has 0 amide bonds. The molecular weight excluding hydrogens is 210 g/mol. The Bertz CT molecular complexity index is 316. The molecule has 1 rings (SSSR count). The molecule has 2 heteroatoms. The van der Waals surface area contributed by atoms with Crippen molar-refractivity contribution in [3.05, 3.63) is 29.8 Å². The summed E-state index contributed by atoms with van der Waals surface area (Å²) in [6, 6.07) is 8.80. The molecule has 0 saturated carbocycles. The van der Waals surface area contributed by atoms with Crippen LogP contribution in [0.4, 0.5) is 0 Å². The van der Waals surface area contributed by atoms with Crippen molar-refractivity contribution in [2.45, 2.75) is 39.7 Å². The van der Waals surface area contributed by atoms with E-state index < -0.39 is 0 Å². The highest BCUT2D eigenvalue weighted by Gasteiger charge is 2.11. The molecule has 0 radical (unpaired) electrons. The Morgan fingerprint density at radius 3 is 2.06 bits per heavy atom. The molecule has 1 aromatic rings. The van der Waals surface area contributed by atoms with Crippen molar-refractivity contribution >= 4 is 0 Å². The van der Waals surface area contributed by atoms with Crippen molar-refractivity contribution in [2.24, 2.45) is 5.92 Å². The maximum atomic E-state index is 5.79. The van der Waals surface area contributed by atoms with E-state index in [0.29, 0.717) is 17.9 Å². The quantitative estimate of drug-likeness (QED) is 0.815. The van der Waals surface area contributed by atoms with E-state index in [2.05, 4.69) is 57.3 Å². The number of benzene rings is 1. The van der Waals surface area contributed by atoms with Gasteiger partial charge in [0.15, 0.2) is 0 Å². The highest BCUT2D eigenvalue weighted by molar-refractivity contribution is 5.28. The van der Waals surface area contributed by atoms with Crippen molar-refractivity contribution in [1.82, 2.24) is 5.32 Å². The van der Waals surface area contributed by atoms with E-state index in [-0.39, 0.29) is 0 Å². The summed E-state index contributed by atoms with van der Waals surface area (Å²) in [6.45, 7) is 9.52. The van der Waals surface area contributed by atoms with Gasteiger partial charge in [0.1, 0.15) is 12.4 Å². The third kappa shape index (κ3) is 4.39. The van der Waals surface area contributed by atoms with E-state index in [9.17, 15) is 0 Å². The van der Waals surface area contributed by atoms with Gasteiger partial charge in [-0.15, -0.1) is 0 Å². The molecule has 1 aromatic carbocycles. The normalized spacial score (nSPS) is 13.1. The molecule has 96 valence electrons. The Hall–Kier alpha value is -1.02. The van der Waals surface area contributed by atoms with Crippen LogP contribution in [0.2, 0.25) is 0 Å². The molecule has 0 fully saturated rings. The summed E-state index contributed by atoms with van der Waals surface area (Å²) in [6.07, 6.45) is 0. The molecule has 1 N–H and O–H groups in total. The summed E-state index contributed by atoms with van der Waals surface area (Å²) in [5.41, 5.74) is 1.35. The third-order valence-corrected chi connectivity index (χ3v) is 3.15. The standard InChI is InChI=1S/C15H25NO/c1-11(2)13-6-8-14(9-7-13)17-10-15(16-5)12(3)4/h6-9,11-12,15-16H,10H2,1-5H3. The molecule has 0 heterocycles. The Morgan fingerprint density at radius 1 is 1.06 bits per heavy atom. The van der Waals surface area contributed by atoms with Gasteiger partial charge in [0.25, 0.3) is 0 Å². The highest BCUT2D eigenvalue weighted by Crippen LogP contribution is 2.18. The Kier molecular flexibility index (Phi) is 5.49. The van der Waals surface area contributed by atoms with Crippen LogP contribution in [0.25, 0.3) is 0 Å². The van der Waals surface area contributed by atoms with Gasteiger partial charge < -0.3 is 10.1 Å². The largest absolute Gasteiger partial charge is 0.492 e. The Labute approximate surface area is 105 Å². The number of rotatable bonds is 6. The van der Waals surface area contributed by atoms with Crippen LogP contribution in [0.5, 0.6) is 5.75 Å². The second kappa shape index (κ2) is 6.65. The van der Waals surface area contributed by atoms with Crippen LogP contribution in [0.1, 0.15) is 39.2 Å². The fourth-order valence-electron chi connectivity index (χ4n) is 1.74. The molecule has 0 aliphatic carbocycles. The van der Waals surface area contributed by atoms with E-state index in [0.717, 1.165) is 12.4 Å². The Morgan fingerprint density at radius 2 is 1.65 bits per heavy atom. The first-order valence-corrected chi connectivity index (χ1v) is 6.44. The smallest absolute Gasteiger partial charge is 0.119 e. The van der Waals surface area contributed by atoms with E-state index in [1.165, 1.54) is 5.56 Å². The fourth-order valence-corrected chi connectivity index (χ4v) is 1.74. The fraction of sp³-hybridized carbons (Fsp3) is 0.600. The van der Waals surface area contributed by atoms with Crippen molar-refractivity contribution < 1.29 is 4.74 Å². The first-order valence-electron chi connectivity index (χ1n) is 6.44. The van der Waals surface area contributed by atoms with Crippen LogP contribution >= 0.6 is 0 Å². The number of likely N-dealkylation sites (N-methyl/N-ethyl adjacent to an activating group) is 1. The van der Waals surface area contributed by atoms with Crippen LogP contribution in [0.3, 0.4) is 0 Å². The second-order valence-electron chi connectivity index (χ2n) is 5.17. The van der Waals surface area contributed by atoms with E-state index in [4.69, 9.17) is 4.74 Å². The summed E-state index contributed by atoms with van der Waals surface area (Å²) in [5.74, 6) is 2.11. The summed E-state index contributed by atoms with van der Waals surface area (Å²) in [7, 11) is 1.98. The molecule has 2 nitrogen and oxygen atoms in total. The summed E-state index contributed by atoms with van der Waals surface area (Å²) >= 11 is 0. The first-order chi connectivity index (χ1) is 8.04.